The summed E-state index contributed by atoms with van der Waals surface area (Å²) >= 11 is 0. The van der Waals surface area contributed by atoms with Crippen LogP contribution in [0.3, 0.4) is 0 Å². The van der Waals surface area contributed by atoms with E-state index in [2.05, 4.69) is 5.32 Å². The zero-order chi connectivity index (χ0) is 20.8. The highest BCUT2D eigenvalue weighted by atomic mass is 16.6. The van der Waals surface area contributed by atoms with Crippen LogP contribution < -0.4 is 15.7 Å². The number of ether oxygens (including phenoxy) is 2. The SMILES string of the molecule is CCc1cccc(C)c1NC(=O)COC(=O)COc1ccc2ccc(=O)oc2c1. The van der Waals surface area contributed by atoms with Crippen LogP contribution in [0.25, 0.3) is 11.0 Å². The zero-order valence-electron chi connectivity index (χ0n) is 16.2. The first-order chi connectivity index (χ1) is 14.0. The van der Waals surface area contributed by atoms with Gasteiger partial charge in [0.05, 0.1) is 0 Å². The lowest BCUT2D eigenvalue weighted by atomic mass is 10.1. The van der Waals surface area contributed by atoms with Gasteiger partial charge in [-0.15, -0.1) is 0 Å². The summed E-state index contributed by atoms with van der Waals surface area (Å²) in [7, 11) is 0. The van der Waals surface area contributed by atoms with Crippen LogP contribution in [0.5, 0.6) is 5.75 Å². The van der Waals surface area contributed by atoms with Crippen molar-refractivity contribution >= 4 is 28.5 Å². The minimum absolute atomic E-state index is 0.348. The molecule has 0 aliphatic heterocycles. The average Bonchev–Trinajstić information content (AvgIpc) is 2.71. The molecular formula is C22H21NO6. The topological polar surface area (TPSA) is 94.8 Å². The zero-order valence-corrected chi connectivity index (χ0v) is 16.2. The van der Waals surface area contributed by atoms with Crippen LogP contribution in [-0.2, 0) is 20.7 Å². The molecule has 7 nitrogen and oxygen atoms in total. The first kappa shape index (κ1) is 20.1. The van der Waals surface area contributed by atoms with Crippen molar-refractivity contribution in [1.29, 1.82) is 0 Å². The lowest BCUT2D eigenvalue weighted by Crippen LogP contribution is -2.24. The Balaban J connectivity index is 1.51. The van der Waals surface area contributed by atoms with Crippen molar-refractivity contribution in [2.75, 3.05) is 18.5 Å². The lowest BCUT2D eigenvalue weighted by Gasteiger charge is -2.13. The Bertz CT molecular complexity index is 1100. The maximum atomic E-state index is 12.1. The van der Waals surface area contributed by atoms with Crippen LogP contribution in [-0.4, -0.2) is 25.1 Å². The predicted molar refractivity (Wildman–Crippen MR) is 108 cm³/mol. The molecule has 0 fully saturated rings. The first-order valence-corrected chi connectivity index (χ1v) is 9.17. The Kier molecular flexibility index (Phi) is 6.29. The van der Waals surface area contributed by atoms with Gasteiger partial charge in [-0.05, 0) is 42.7 Å². The molecule has 0 unspecified atom stereocenters. The molecule has 0 radical (unpaired) electrons. The molecule has 0 spiro atoms. The number of anilines is 1. The highest BCUT2D eigenvalue weighted by molar-refractivity contribution is 5.94. The molecule has 1 N–H and O–H groups in total. The van der Waals surface area contributed by atoms with E-state index < -0.39 is 24.1 Å². The van der Waals surface area contributed by atoms with Gasteiger partial charge >= 0.3 is 11.6 Å². The summed E-state index contributed by atoms with van der Waals surface area (Å²) in [6.45, 7) is 3.12. The minimum atomic E-state index is -0.685. The molecule has 1 aromatic heterocycles. The highest BCUT2D eigenvalue weighted by Gasteiger charge is 2.12. The van der Waals surface area contributed by atoms with E-state index in [1.54, 1.807) is 18.2 Å². The number of hydrogen-bond donors (Lipinski definition) is 1. The number of aryl methyl sites for hydroxylation is 2. The van der Waals surface area contributed by atoms with E-state index in [1.807, 2.05) is 32.0 Å². The highest BCUT2D eigenvalue weighted by Crippen LogP contribution is 2.21. The first-order valence-electron chi connectivity index (χ1n) is 9.17. The molecule has 0 aliphatic carbocycles. The van der Waals surface area contributed by atoms with Crippen molar-refractivity contribution in [2.45, 2.75) is 20.3 Å². The minimum Gasteiger partial charge on any atom is -0.482 e. The van der Waals surface area contributed by atoms with E-state index in [0.29, 0.717) is 11.3 Å². The molecule has 2 aromatic carbocycles. The van der Waals surface area contributed by atoms with Crippen molar-refractivity contribution in [3.63, 3.8) is 0 Å². The van der Waals surface area contributed by atoms with Crippen LogP contribution in [0.2, 0.25) is 0 Å². The van der Waals surface area contributed by atoms with Crippen molar-refractivity contribution in [1.82, 2.24) is 0 Å². The van der Waals surface area contributed by atoms with Crippen molar-refractivity contribution in [2.24, 2.45) is 0 Å². The van der Waals surface area contributed by atoms with Crippen molar-refractivity contribution < 1.29 is 23.5 Å². The lowest BCUT2D eigenvalue weighted by molar-refractivity contribution is -0.149. The van der Waals surface area contributed by atoms with Crippen molar-refractivity contribution in [3.05, 3.63) is 70.1 Å². The maximum absolute atomic E-state index is 12.1. The van der Waals surface area contributed by atoms with Gasteiger partial charge in [-0.1, -0.05) is 25.1 Å². The summed E-state index contributed by atoms with van der Waals surface area (Å²) in [5.74, 6) is -0.758. The molecule has 3 aromatic rings. The summed E-state index contributed by atoms with van der Waals surface area (Å²) in [6.07, 6.45) is 0.775. The Morgan fingerprint density at radius 3 is 2.66 bits per heavy atom. The fraction of sp³-hybridized carbons (Fsp3) is 0.227. The van der Waals surface area contributed by atoms with Gasteiger partial charge < -0.3 is 19.2 Å². The van der Waals surface area contributed by atoms with E-state index >= 15 is 0 Å². The van der Waals surface area contributed by atoms with Crippen LogP contribution in [0, 0.1) is 6.92 Å². The molecule has 150 valence electrons. The number of esters is 1. The third kappa shape index (κ3) is 5.22. The molecule has 7 heteroatoms. The number of benzene rings is 2. The number of amides is 1. The fourth-order valence-electron chi connectivity index (χ4n) is 2.84. The number of carbonyl (C=O) groups excluding carboxylic acids is 2. The van der Waals surface area contributed by atoms with Gasteiger partial charge in [0, 0.05) is 23.2 Å². The van der Waals surface area contributed by atoms with Gasteiger partial charge in [0.1, 0.15) is 11.3 Å². The van der Waals surface area contributed by atoms with E-state index in [0.717, 1.165) is 28.6 Å². The smallest absolute Gasteiger partial charge is 0.344 e. The number of nitrogens with one attached hydrogen (secondary N) is 1. The largest absolute Gasteiger partial charge is 0.482 e. The molecule has 0 atom stereocenters. The molecule has 0 saturated heterocycles. The summed E-state index contributed by atoms with van der Waals surface area (Å²) in [5.41, 5.74) is 2.57. The predicted octanol–water partition coefficient (Wildman–Crippen LogP) is 3.22. The third-order valence-corrected chi connectivity index (χ3v) is 4.32. The monoisotopic (exact) mass is 395 g/mol. The molecule has 29 heavy (non-hydrogen) atoms. The Morgan fingerprint density at radius 2 is 1.86 bits per heavy atom. The van der Waals surface area contributed by atoms with Crippen molar-refractivity contribution in [3.8, 4) is 5.75 Å². The number of fused-ring (bicyclic) bond motifs is 1. The van der Waals surface area contributed by atoms with Crippen LogP contribution >= 0.6 is 0 Å². The van der Waals surface area contributed by atoms with Gasteiger partial charge in [-0.25, -0.2) is 9.59 Å². The second-order valence-corrected chi connectivity index (χ2v) is 6.41. The molecule has 0 saturated carbocycles. The van der Waals surface area contributed by atoms with E-state index in [9.17, 15) is 14.4 Å². The normalized spacial score (nSPS) is 10.6. The standard InChI is InChI=1S/C22H21NO6/c1-3-15-6-4-5-14(2)22(15)23-19(24)12-28-21(26)13-27-17-9-7-16-8-10-20(25)29-18(16)11-17/h4-11H,3,12-13H2,1-2H3,(H,23,24). The number of para-hydroxylation sites is 1. The van der Waals surface area contributed by atoms with Gasteiger partial charge in [-0.3, -0.25) is 4.79 Å². The Hall–Kier alpha value is -3.61. The average molecular weight is 395 g/mol. The molecule has 1 amide bonds. The van der Waals surface area contributed by atoms with E-state index in [4.69, 9.17) is 13.9 Å². The van der Waals surface area contributed by atoms with Crippen LogP contribution in [0.4, 0.5) is 5.69 Å². The van der Waals surface area contributed by atoms with Gasteiger partial charge in [0.15, 0.2) is 13.2 Å². The number of rotatable bonds is 7. The Morgan fingerprint density at radius 1 is 1.07 bits per heavy atom. The van der Waals surface area contributed by atoms with Gasteiger partial charge in [0.2, 0.25) is 0 Å². The second kappa shape index (κ2) is 9.05. The quantitative estimate of drug-likeness (QED) is 0.488. The Labute approximate surface area is 167 Å². The summed E-state index contributed by atoms with van der Waals surface area (Å²) < 4.78 is 15.4. The van der Waals surface area contributed by atoms with Gasteiger partial charge in [0.25, 0.3) is 5.91 Å². The summed E-state index contributed by atoms with van der Waals surface area (Å²) in [4.78, 5) is 35.3. The number of hydrogen-bond acceptors (Lipinski definition) is 6. The molecule has 0 aliphatic rings. The number of carbonyl (C=O) groups is 2. The maximum Gasteiger partial charge on any atom is 0.344 e. The summed E-state index contributed by atoms with van der Waals surface area (Å²) in [6, 6.07) is 13.6. The molecular weight excluding hydrogens is 374 g/mol. The third-order valence-electron chi connectivity index (χ3n) is 4.32. The molecule has 1 heterocycles. The van der Waals surface area contributed by atoms with Crippen LogP contribution in [0.15, 0.2) is 57.7 Å². The summed E-state index contributed by atoms with van der Waals surface area (Å²) in [5, 5.41) is 3.52. The second-order valence-electron chi connectivity index (χ2n) is 6.41. The van der Waals surface area contributed by atoms with E-state index in [-0.39, 0.29) is 6.61 Å². The van der Waals surface area contributed by atoms with Gasteiger partial charge in [-0.2, -0.15) is 0 Å². The molecule has 0 bridgehead atoms. The fourth-order valence-corrected chi connectivity index (χ4v) is 2.84. The van der Waals surface area contributed by atoms with Crippen LogP contribution in [0.1, 0.15) is 18.1 Å². The van der Waals surface area contributed by atoms with E-state index in [1.165, 1.54) is 12.1 Å². The molecule has 3 rings (SSSR count).